The molecule has 0 amide bonds. The Morgan fingerprint density at radius 1 is 1.21 bits per heavy atom. The fourth-order valence-electron chi connectivity index (χ4n) is 1.66. The van der Waals surface area contributed by atoms with E-state index in [1.165, 1.54) is 0 Å². The van der Waals surface area contributed by atoms with Gasteiger partial charge in [-0.25, -0.2) is 13.6 Å². The van der Waals surface area contributed by atoms with Crippen LogP contribution in [-0.4, -0.2) is 20.8 Å². The Morgan fingerprint density at radius 3 is 2.53 bits per heavy atom. The third-order valence-electron chi connectivity index (χ3n) is 2.72. The van der Waals surface area contributed by atoms with E-state index >= 15 is 0 Å². The molecule has 1 aromatic rings. The molecule has 1 aromatic carbocycles. The second-order valence-corrected chi connectivity index (χ2v) is 7.13. The van der Waals surface area contributed by atoms with E-state index in [9.17, 15) is 8.42 Å². The summed E-state index contributed by atoms with van der Waals surface area (Å²) >= 11 is 3.44. The largest absolute Gasteiger partial charge is 0.494 e. The Hall–Kier alpha value is -0.590. The summed E-state index contributed by atoms with van der Waals surface area (Å²) in [6.07, 6.45) is 3.35. The smallest absolute Gasteiger partial charge is 0.209 e. The van der Waals surface area contributed by atoms with Crippen LogP contribution in [0.1, 0.15) is 31.2 Å². The lowest BCUT2D eigenvalue weighted by Gasteiger charge is -2.07. The van der Waals surface area contributed by atoms with Gasteiger partial charge in [0.05, 0.1) is 12.4 Å². The molecule has 0 atom stereocenters. The Morgan fingerprint density at radius 2 is 1.89 bits per heavy atom. The number of benzene rings is 1. The first-order chi connectivity index (χ1) is 8.88. The normalized spacial score (nSPS) is 11.5. The molecule has 2 N–H and O–H groups in total. The Kier molecular flexibility index (Phi) is 6.82. The van der Waals surface area contributed by atoms with Gasteiger partial charge in [0, 0.05) is 4.47 Å². The maximum absolute atomic E-state index is 10.7. The van der Waals surface area contributed by atoms with E-state index in [-0.39, 0.29) is 5.75 Å². The molecule has 4 nitrogen and oxygen atoms in total. The quantitative estimate of drug-likeness (QED) is 0.733. The fraction of sp³-hybridized carbons (Fsp3) is 0.538. The van der Waals surface area contributed by atoms with Crippen molar-refractivity contribution in [2.45, 2.75) is 32.6 Å². The Bertz CT molecular complexity index is 503. The second kappa shape index (κ2) is 7.87. The van der Waals surface area contributed by atoms with Crippen LogP contribution in [-0.2, 0) is 10.0 Å². The van der Waals surface area contributed by atoms with E-state index < -0.39 is 10.0 Å². The van der Waals surface area contributed by atoms with Crippen molar-refractivity contribution in [1.82, 2.24) is 0 Å². The van der Waals surface area contributed by atoms with E-state index in [0.717, 1.165) is 35.0 Å². The van der Waals surface area contributed by atoms with Crippen molar-refractivity contribution in [3.63, 3.8) is 0 Å². The van der Waals surface area contributed by atoms with Crippen LogP contribution in [0.5, 0.6) is 5.75 Å². The summed E-state index contributed by atoms with van der Waals surface area (Å²) in [4.78, 5) is 0. The Balaban J connectivity index is 2.12. The number of halogens is 1. The van der Waals surface area contributed by atoms with Gasteiger partial charge in [0.15, 0.2) is 0 Å². The SMILES string of the molecule is Cc1cc(OCCCCCCS(N)(=O)=O)ccc1Br. The molecule has 0 saturated carbocycles. The standard InChI is InChI=1S/C13H20BrNO3S/c1-11-10-12(6-7-13(11)14)18-8-4-2-3-5-9-19(15,16)17/h6-7,10H,2-5,8-9H2,1H3,(H2,15,16,17). The number of ether oxygens (including phenoxy) is 1. The summed E-state index contributed by atoms with van der Waals surface area (Å²) in [5, 5.41) is 4.92. The first-order valence-electron chi connectivity index (χ1n) is 6.28. The van der Waals surface area contributed by atoms with Crippen LogP contribution in [0, 0.1) is 6.92 Å². The lowest BCUT2D eigenvalue weighted by atomic mass is 10.2. The number of aryl methyl sites for hydroxylation is 1. The Labute approximate surface area is 123 Å². The molecular formula is C13H20BrNO3S. The van der Waals surface area contributed by atoms with Crippen molar-refractivity contribution in [1.29, 1.82) is 0 Å². The van der Waals surface area contributed by atoms with Crippen LogP contribution in [0.3, 0.4) is 0 Å². The summed E-state index contributed by atoms with van der Waals surface area (Å²) in [5.74, 6) is 0.935. The average molecular weight is 350 g/mol. The van der Waals surface area contributed by atoms with Gasteiger partial charge in [-0.15, -0.1) is 0 Å². The van der Waals surface area contributed by atoms with Gasteiger partial charge < -0.3 is 4.74 Å². The number of hydrogen-bond donors (Lipinski definition) is 1. The zero-order chi connectivity index (χ0) is 14.3. The molecule has 0 bridgehead atoms. The first-order valence-corrected chi connectivity index (χ1v) is 8.79. The number of nitrogens with two attached hydrogens (primary N) is 1. The van der Waals surface area contributed by atoms with Crippen LogP contribution in [0.4, 0.5) is 0 Å². The van der Waals surface area contributed by atoms with Crippen LogP contribution < -0.4 is 9.88 Å². The summed E-state index contributed by atoms with van der Waals surface area (Å²) in [5.41, 5.74) is 1.14. The molecule has 0 unspecified atom stereocenters. The van der Waals surface area contributed by atoms with Gasteiger partial charge in [-0.1, -0.05) is 28.8 Å². The maximum Gasteiger partial charge on any atom is 0.209 e. The van der Waals surface area contributed by atoms with Crippen molar-refractivity contribution in [3.05, 3.63) is 28.2 Å². The highest BCUT2D eigenvalue weighted by Gasteiger charge is 2.02. The predicted molar refractivity (Wildman–Crippen MR) is 80.8 cm³/mol. The molecule has 0 spiro atoms. The summed E-state index contributed by atoms with van der Waals surface area (Å²) in [7, 11) is -3.30. The summed E-state index contributed by atoms with van der Waals surface area (Å²) < 4.78 is 28.1. The molecular weight excluding hydrogens is 330 g/mol. The van der Waals surface area contributed by atoms with E-state index in [1.807, 2.05) is 25.1 Å². The summed E-state index contributed by atoms with van der Waals surface area (Å²) in [6, 6.07) is 5.89. The molecule has 0 aromatic heterocycles. The molecule has 0 aliphatic heterocycles. The van der Waals surface area contributed by atoms with Crippen molar-refractivity contribution in [2.75, 3.05) is 12.4 Å². The fourth-order valence-corrected chi connectivity index (χ4v) is 2.51. The highest BCUT2D eigenvalue weighted by molar-refractivity contribution is 9.10. The summed E-state index contributed by atoms with van der Waals surface area (Å²) in [6.45, 7) is 2.67. The first kappa shape index (κ1) is 16.5. The van der Waals surface area contributed by atoms with Crippen molar-refractivity contribution in [3.8, 4) is 5.75 Å². The molecule has 0 fully saturated rings. The van der Waals surface area contributed by atoms with Crippen LogP contribution in [0.2, 0.25) is 0 Å². The minimum Gasteiger partial charge on any atom is -0.494 e. The molecule has 0 aliphatic carbocycles. The van der Waals surface area contributed by atoms with Gasteiger partial charge in [0.1, 0.15) is 5.75 Å². The predicted octanol–water partition coefficient (Wildman–Crippen LogP) is 2.99. The van der Waals surface area contributed by atoms with Gasteiger partial charge in [-0.2, -0.15) is 0 Å². The van der Waals surface area contributed by atoms with E-state index in [4.69, 9.17) is 9.88 Å². The molecule has 0 radical (unpaired) electrons. The highest BCUT2D eigenvalue weighted by atomic mass is 79.9. The molecule has 19 heavy (non-hydrogen) atoms. The molecule has 0 heterocycles. The molecule has 108 valence electrons. The van der Waals surface area contributed by atoms with E-state index in [1.54, 1.807) is 0 Å². The minimum absolute atomic E-state index is 0.0692. The third kappa shape index (κ3) is 7.54. The number of hydrogen-bond acceptors (Lipinski definition) is 3. The zero-order valence-corrected chi connectivity index (χ0v) is 13.5. The monoisotopic (exact) mass is 349 g/mol. The number of unbranched alkanes of at least 4 members (excludes halogenated alkanes) is 3. The van der Waals surface area contributed by atoms with Gasteiger partial charge >= 0.3 is 0 Å². The molecule has 6 heteroatoms. The molecule has 0 saturated heterocycles. The third-order valence-corrected chi connectivity index (χ3v) is 4.47. The van der Waals surface area contributed by atoms with Crippen LogP contribution in [0.25, 0.3) is 0 Å². The number of primary sulfonamides is 1. The van der Waals surface area contributed by atoms with Crippen molar-refractivity contribution < 1.29 is 13.2 Å². The number of sulfonamides is 1. The van der Waals surface area contributed by atoms with Gasteiger partial charge in [0.2, 0.25) is 10.0 Å². The van der Waals surface area contributed by atoms with E-state index in [2.05, 4.69) is 15.9 Å². The molecule has 0 aliphatic rings. The van der Waals surface area contributed by atoms with Gasteiger partial charge in [0.25, 0.3) is 0 Å². The average Bonchev–Trinajstić information content (AvgIpc) is 2.31. The van der Waals surface area contributed by atoms with Crippen LogP contribution >= 0.6 is 15.9 Å². The number of rotatable bonds is 8. The minimum atomic E-state index is -3.30. The molecule has 1 rings (SSSR count). The van der Waals surface area contributed by atoms with E-state index in [0.29, 0.717) is 13.0 Å². The second-order valence-electron chi connectivity index (χ2n) is 4.54. The maximum atomic E-state index is 10.7. The van der Waals surface area contributed by atoms with Crippen molar-refractivity contribution in [2.24, 2.45) is 5.14 Å². The van der Waals surface area contributed by atoms with Crippen molar-refractivity contribution >= 4 is 26.0 Å². The highest BCUT2D eigenvalue weighted by Crippen LogP contribution is 2.21. The van der Waals surface area contributed by atoms with Crippen LogP contribution in [0.15, 0.2) is 22.7 Å². The van der Waals surface area contributed by atoms with Gasteiger partial charge in [-0.05, 0) is 43.5 Å². The lowest BCUT2D eigenvalue weighted by Crippen LogP contribution is -2.16. The topological polar surface area (TPSA) is 69.4 Å². The van der Waals surface area contributed by atoms with Gasteiger partial charge in [-0.3, -0.25) is 0 Å². The lowest BCUT2D eigenvalue weighted by molar-refractivity contribution is 0.305. The zero-order valence-electron chi connectivity index (χ0n) is 11.1.